The highest BCUT2D eigenvalue weighted by Crippen LogP contribution is 2.23. The van der Waals surface area contributed by atoms with E-state index in [0.717, 1.165) is 0 Å². The van der Waals surface area contributed by atoms with Gasteiger partial charge in [0.2, 0.25) is 0 Å². The van der Waals surface area contributed by atoms with Crippen LogP contribution in [-0.2, 0) is 0 Å². The lowest BCUT2D eigenvalue weighted by Crippen LogP contribution is -2.30. The van der Waals surface area contributed by atoms with Gasteiger partial charge in [-0.1, -0.05) is 11.6 Å². The van der Waals surface area contributed by atoms with E-state index in [2.05, 4.69) is 5.32 Å². The summed E-state index contributed by atoms with van der Waals surface area (Å²) in [6.45, 7) is 4.96. The number of halogens is 3. The van der Waals surface area contributed by atoms with Crippen LogP contribution in [0.4, 0.5) is 10.1 Å². The number of anilines is 1. The first-order chi connectivity index (χ1) is 11.9. The Morgan fingerprint density at radius 2 is 1.84 bits per heavy atom. The summed E-state index contributed by atoms with van der Waals surface area (Å²) in [5.74, 6) is -1.06. The fourth-order valence-electron chi connectivity index (χ4n) is 2.29. The zero-order chi connectivity index (χ0) is 18.6. The van der Waals surface area contributed by atoms with E-state index < -0.39 is 11.7 Å². The number of hydrogen-bond donors (Lipinski definition) is 1. The van der Waals surface area contributed by atoms with Gasteiger partial charge in [-0.3, -0.25) is 9.59 Å². The molecular weight excluding hydrogens is 458 g/mol. The highest BCUT2D eigenvalue weighted by Gasteiger charge is 2.17. The Kier molecular flexibility index (Phi) is 6.78. The van der Waals surface area contributed by atoms with Gasteiger partial charge < -0.3 is 10.2 Å². The molecule has 0 spiro atoms. The van der Waals surface area contributed by atoms with Crippen molar-refractivity contribution in [2.45, 2.75) is 13.8 Å². The van der Waals surface area contributed by atoms with Crippen molar-refractivity contribution in [1.82, 2.24) is 4.90 Å². The van der Waals surface area contributed by atoms with E-state index in [1.807, 2.05) is 36.4 Å². The van der Waals surface area contributed by atoms with E-state index in [1.165, 1.54) is 18.2 Å². The predicted molar refractivity (Wildman–Crippen MR) is 106 cm³/mol. The topological polar surface area (TPSA) is 49.4 Å². The maximum atomic E-state index is 13.6. The molecule has 7 heteroatoms. The molecule has 132 valence electrons. The second-order valence-corrected chi connectivity index (χ2v) is 6.82. The van der Waals surface area contributed by atoms with Crippen LogP contribution in [0.3, 0.4) is 0 Å². The van der Waals surface area contributed by atoms with Crippen molar-refractivity contribution in [3.63, 3.8) is 0 Å². The van der Waals surface area contributed by atoms with Gasteiger partial charge >= 0.3 is 0 Å². The highest BCUT2D eigenvalue weighted by atomic mass is 127. The SMILES string of the molecule is CCN(CC)C(=O)c1ccc(NC(=O)c2ccc(I)c(F)c2)cc1Cl. The van der Waals surface area contributed by atoms with Crippen molar-refractivity contribution in [3.05, 3.63) is 61.9 Å². The third kappa shape index (κ3) is 4.70. The molecule has 0 aliphatic carbocycles. The van der Waals surface area contributed by atoms with Crippen LogP contribution < -0.4 is 5.32 Å². The molecule has 2 aromatic carbocycles. The van der Waals surface area contributed by atoms with Gasteiger partial charge in [0.25, 0.3) is 11.8 Å². The number of rotatable bonds is 5. The third-order valence-corrected chi connectivity index (χ3v) is 4.88. The molecule has 0 saturated carbocycles. The average Bonchev–Trinajstić information content (AvgIpc) is 2.58. The largest absolute Gasteiger partial charge is 0.339 e. The van der Waals surface area contributed by atoms with Crippen LogP contribution in [0.2, 0.25) is 5.02 Å². The van der Waals surface area contributed by atoms with Crippen LogP contribution in [0.5, 0.6) is 0 Å². The van der Waals surface area contributed by atoms with Crippen molar-refractivity contribution in [2.24, 2.45) is 0 Å². The standard InChI is InChI=1S/C18H17ClFIN2O2/c1-3-23(4-2)18(25)13-7-6-12(10-14(13)19)22-17(24)11-5-8-16(21)15(20)9-11/h5-10H,3-4H2,1-2H3,(H,22,24). The van der Waals surface area contributed by atoms with E-state index in [-0.39, 0.29) is 16.5 Å². The van der Waals surface area contributed by atoms with Gasteiger partial charge in [0.1, 0.15) is 5.82 Å². The minimum atomic E-state index is -0.452. The Morgan fingerprint density at radius 1 is 1.16 bits per heavy atom. The fraction of sp³-hybridized carbons (Fsp3) is 0.222. The second kappa shape index (κ2) is 8.62. The van der Waals surface area contributed by atoms with Crippen LogP contribution in [0.1, 0.15) is 34.6 Å². The summed E-state index contributed by atoms with van der Waals surface area (Å²) in [4.78, 5) is 26.2. The van der Waals surface area contributed by atoms with E-state index in [0.29, 0.717) is 27.9 Å². The van der Waals surface area contributed by atoms with Gasteiger partial charge in [-0.25, -0.2) is 4.39 Å². The zero-order valence-corrected chi connectivity index (χ0v) is 16.7. The minimum Gasteiger partial charge on any atom is -0.339 e. The Morgan fingerprint density at radius 3 is 2.40 bits per heavy atom. The molecule has 0 aromatic heterocycles. The third-order valence-electron chi connectivity index (χ3n) is 3.69. The van der Waals surface area contributed by atoms with E-state index >= 15 is 0 Å². The summed E-state index contributed by atoms with van der Waals surface area (Å²) in [5, 5.41) is 2.90. The molecule has 0 atom stereocenters. The van der Waals surface area contributed by atoms with Crippen molar-refractivity contribution >= 4 is 51.7 Å². The van der Waals surface area contributed by atoms with Crippen LogP contribution in [0.25, 0.3) is 0 Å². The lowest BCUT2D eigenvalue weighted by molar-refractivity contribution is 0.0773. The molecule has 2 amide bonds. The molecule has 0 aliphatic heterocycles. The number of carbonyl (C=O) groups excluding carboxylic acids is 2. The molecule has 1 N–H and O–H groups in total. The van der Waals surface area contributed by atoms with Crippen LogP contribution in [-0.4, -0.2) is 29.8 Å². The number of hydrogen-bond acceptors (Lipinski definition) is 2. The van der Waals surface area contributed by atoms with Gasteiger partial charge in [0.05, 0.1) is 10.6 Å². The van der Waals surface area contributed by atoms with Gasteiger partial charge in [-0.15, -0.1) is 0 Å². The highest BCUT2D eigenvalue weighted by molar-refractivity contribution is 14.1. The summed E-state index contributed by atoms with van der Waals surface area (Å²) < 4.78 is 14.0. The Bertz CT molecular complexity index is 810. The van der Waals surface area contributed by atoms with Gasteiger partial charge in [-0.2, -0.15) is 0 Å². The number of nitrogens with one attached hydrogen (secondary N) is 1. The predicted octanol–water partition coefficient (Wildman–Crippen LogP) is 4.82. The fourth-order valence-corrected chi connectivity index (χ4v) is 2.88. The number of nitrogens with zero attached hydrogens (tertiary/aromatic N) is 1. The molecule has 0 unspecified atom stereocenters. The molecule has 2 rings (SSSR count). The summed E-state index contributed by atoms with van der Waals surface area (Å²) in [6, 6.07) is 8.94. The van der Waals surface area contributed by atoms with E-state index in [4.69, 9.17) is 11.6 Å². The maximum absolute atomic E-state index is 13.6. The molecule has 4 nitrogen and oxygen atoms in total. The molecule has 25 heavy (non-hydrogen) atoms. The van der Waals surface area contributed by atoms with Crippen molar-refractivity contribution in [1.29, 1.82) is 0 Å². The van der Waals surface area contributed by atoms with Crippen LogP contribution in [0, 0.1) is 9.39 Å². The quantitative estimate of drug-likeness (QED) is 0.632. The summed E-state index contributed by atoms with van der Waals surface area (Å²) >= 11 is 8.05. The lowest BCUT2D eigenvalue weighted by Gasteiger charge is -2.19. The molecule has 0 radical (unpaired) electrons. The van der Waals surface area contributed by atoms with Crippen molar-refractivity contribution in [2.75, 3.05) is 18.4 Å². The minimum absolute atomic E-state index is 0.160. The summed E-state index contributed by atoms with van der Waals surface area (Å²) in [7, 11) is 0. The first-order valence-corrected chi connectivity index (χ1v) is 9.18. The number of carbonyl (C=O) groups is 2. The first-order valence-electron chi connectivity index (χ1n) is 7.72. The van der Waals surface area contributed by atoms with Gasteiger partial charge in [-0.05, 0) is 72.8 Å². The van der Waals surface area contributed by atoms with Crippen LogP contribution in [0.15, 0.2) is 36.4 Å². The molecule has 0 heterocycles. The molecular formula is C18H17ClFIN2O2. The molecule has 0 bridgehead atoms. The first kappa shape index (κ1) is 19.7. The summed E-state index contributed by atoms with van der Waals surface area (Å²) in [5.41, 5.74) is 1.02. The smallest absolute Gasteiger partial charge is 0.255 e. The van der Waals surface area contributed by atoms with Crippen molar-refractivity contribution in [3.8, 4) is 0 Å². The molecule has 2 aromatic rings. The number of benzene rings is 2. The molecule has 0 saturated heterocycles. The molecule has 0 fully saturated rings. The monoisotopic (exact) mass is 474 g/mol. The number of amides is 2. The Balaban J connectivity index is 2.18. The Labute approximate surface area is 164 Å². The lowest BCUT2D eigenvalue weighted by atomic mass is 10.1. The van der Waals surface area contributed by atoms with Gasteiger partial charge in [0, 0.05) is 27.9 Å². The summed E-state index contributed by atoms with van der Waals surface area (Å²) in [6.07, 6.45) is 0. The second-order valence-electron chi connectivity index (χ2n) is 5.26. The Hall–Kier alpha value is -1.67. The molecule has 0 aliphatic rings. The van der Waals surface area contributed by atoms with Crippen molar-refractivity contribution < 1.29 is 14.0 Å². The van der Waals surface area contributed by atoms with Gasteiger partial charge in [0.15, 0.2) is 0 Å². The average molecular weight is 475 g/mol. The maximum Gasteiger partial charge on any atom is 0.255 e. The zero-order valence-electron chi connectivity index (χ0n) is 13.8. The van der Waals surface area contributed by atoms with Crippen LogP contribution >= 0.6 is 34.2 Å². The van der Waals surface area contributed by atoms with E-state index in [9.17, 15) is 14.0 Å². The van der Waals surface area contributed by atoms with E-state index in [1.54, 1.807) is 23.1 Å². The normalized spacial score (nSPS) is 10.4.